The van der Waals surface area contributed by atoms with E-state index in [1.165, 1.54) is 0 Å². The fourth-order valence-electron chi connectivity index (χ4n) is 2.57. The Hall–Kier alpha value is -2.30. The lowest BCUT2D eigenvalue weighted by Gasteiger charge is -2.18. The van der Waals surface area contributed by atoms with Gasteiger partial charge in [-0.1, -0.05) is 12.2 Å². The normalized spacial score (nSPS) is 17.9. The first kappa shape index (κ1) is 13.7. The standard InChI is InChI=1S/C16H19N3O2/c1-11-18-14-8-7-13(9-15(14)21-11)19-16(20)17-10-12-5-3-2-4-6-12/h2-3,7-9,12H,4-6,10H2,1H3,(H2,17,19,20). The first-order valence-electron chi connectivity index (χ1n) is 7.28. The third kappa shape index (κ3) is 3.42. The van der Waals surface area contributed by atoms with Gasteiger partial charge in [-0.15, -0.1) is 0 Å². The number of urea groups is 1. The number of fused-ring (bicyclic) bond motifs is 1. The molecule has 1 atom stereocenters. The molecular formula is C16H19N3O2. The molecular weight excluding hydrogens is 266 g/mol. The molecule has 0 spiro atoms. The van der Waals surface area contributed by atoms with Crippen molar-refractivity contribution in [2.75, 3.05) is 11.9 Å². The smallest absolute Gasteiger partial charge is 0.319 e. The van der Waals surface area contributed by atoms with E-state index in [2.05, 4.69) is 27.8 Å². The maximum absolute atomic E-state index is 11.9. The van der Waals surface area contributed by atoms with Crippen LogP contribution in [0.25, 0.3) is 11.1 Å². The molecule has 1 heterocycles. The van der Waals surface area contributed by atoms with Crippen LogP contribution in [0, 0.1) is 12.8 Å². The molecule has 1 unspecified atom stereocenters. The number of aromatic nitrogens is 1. The Kier molecular flexibility index (Phi) is 3.90. The quantitative estimate of drug-likeness (QED) is 0.846. The fraction of sp³-hybridized carbons (Fsp3) is 0.375. The summed E-state index contributed by atoms with van der Waals surface area (Å²) >= 11 is 0. The minimum Gasteiger partial charge on any atom is -0.441 e. The molecule has 5 heteroatoms. The van der Waals surface area contributed by atoms with Gasteiger partial charge in [-0.2, -0.15) is 0 Å². The van der Waals surface area contributed by atoms with E-state index in [0.29, 0.717) is 29.6 Å². The van der Waals surface area contributed by atoms with E-state index in [9.17, 15) is 4.79 Å². The molecule has 1 aromatic carbocycles. The molecule has 2 aromatic rings. The van der Waals surface area contributed by atoms with Crippen LogP contribution in [0.5, 0.6) is 0 Å². The number of benzene rings is 1. The maximum atomic E-state index is 11.9. The van der Waals surface area contributed by atoms with E-state index < -0.39 is 0 Å². The van der Waals surface area contributed by atoms with E-state index in [-0.39, 0.29) is 6.03 Å². The lowest BCUT2D eigenvalue weighted by molar-refractivity contribution is 0.249. The number of rotatable bonds is 3. The lowest BCUT2D eigenvalue weighted by atomic mass is 9.94. The molecule has 0 bridgehead atoms. The predicted molar refractivity (Wildman–Crippen MR) is 82.2 cm³/mol. The Balaban J connectivity index is 1.56. The van der Waals surface area contributed by atoms with Crippen LogP contribution in [0.1, 0.15) is 25.2 Å². The second kappa shape index (κ2) is 5.99. The number of hydrogen-bond donors (Lipinski definition) is 2. The second-order valence-electron chi connectivity index (χ2n) is 5.40. The average molecular weight is 285 g/mol. The number of nitrogens with one attached hydrogen (secondary N) is 2. The van der Waals surface area contributed by atoms with Crippen molar-refractivity contribution in [3.63, 3.8) is 0 Å². The van der Waals surface area contributed by atoms with E-state index in [1.54, 1.807) is 13.0 Å². The molecule has 21 heavy (non-hydrogen) atoms. The number of carbonyl (C=O) groups is 1. The Morgan fingerprint density at radius 2 is 2.33 bits per heavy atom. The summed E-state index contributed by atoms with van der Waals surface area (Å²) in [5, 5.41) is 5.75. The van der Waals surface area contributed by atoms with Gasteiger partial charge in [0.1, 0.15) is 5.52 Å². The zero-order valence-electron chi connectivity index (χ0n) is 12.1. The van der Waals surface area contributed by atoms with E-state index in [4.69, 9.17) is 4.42 Å². The van der Waals surface area contributed by atoms with Crippen molar-refractivity contribution in [2.45, 2.75) is 26.2 Å². The molecule has 1 aliphatic rings. The van der Waals surface area contributed by atoms with Crippen molar-refractivity contribution in [1.82, 2.24) is 10.3 Å². The number of amides is 2. The Morgan fingerprint density at radius 3 is 3.14 bits per heavy atom. The number of oxazole rings is 1. The van der Waals surface area contributed by atoms with Gasteiger partial charge in [0, 0.05) is 25.2 Å². The highest BCUT2D eigenvalue weighted by molar-refractivity contribution is 5.91. The van der Waals surface area contributed by atoms with E-state index in [1.807, 2.05) is 12.1 Å². The third-order valence-corrected chi connectivity index (χ3v) is 3.68. The zero-order valence-corrected chi connectivity index (χ0v) is 12.1. The van der Waals surface area contributed by atoms with Crippen molar-refractivity contribution in [3.05, 3.63) is 36.2 Å². The lowest BCUT2D eigenvalue weighted by Crippen LogP contribution is -2.33. The summed E-state index contributed by atoms with van der Waals surface area (Å²) < 4.78 is 5.45. The van der Waals surface area contributed by atoms with Crippen molar-refractivity contribution in [2.24, 2.45) is 5.92 Å². The number of aryl methyl sites for hydroxylation is 1. The first-order valence-corrected chi connectivity index (χ1v) is 7.28. The van der Waals surface area contributed by atoms with Gasteiger partial charge < -0.3 is 15.1 Å². The van der Waals surface area contributed by atoms with Gasteiger partial charge >= 0.3 is 6.03 Å². The van der Waals surface area contributed by atoms with E-state index >= 15 is 0 Å². The van der Waals surface area contributed by atoms with Crippen molar-refractivity contribution in [3.8, 4) is 0 Å². The van der Waals surface area contributed by atoms with Gasteiger partial charge in [-0.25, -0.2) is 9.78 Å². The Labute approximate surface area is 123 Å². The number of nitrogens with zero attached hydrogens (tertiary/aromatic N) is 1. The van der Waals surface area contributed by atoms with Crippen LogP contribution >= 0.6 is 0 Å². The van der Waals surface area contributed by atoms with Crippen LogP contribution < -0.4 is 10.6 Å². The number of allylic oxidation sites excluding steroid dienone is 2. The minimum absolute atomic E-state index is 0.180. The predicted octanol–water partition coefficient (Wildman–Crippen LogP) is 3.61. The second-order valence-corrected chi connectivity index (χ2v) is 5.40. The molecule has 5 nitrogen and oxygen atoms in total. The summed E-state index contributed by atoms with van der Waals surface area (Å²) in [6.45, 7) is 2.51. The van der Waals surface area contributed by atoms with Gasteiger partial charge in [0.05, 0.1) is 0 Å². The SMILES string of the molecule is Cc1nc2ccc(NC(=O)NCC3CC=CCC3)cc2o1. The van der Waals surface area contributed by atoms with E-state index in [0.717, 1.165) is 24.8 Å². The monoisotopic (exact) mass is 285 g/mol. The minimum atomic E-state index is -0.180. The van der Waals surface area contributed by atoms with Crippen molar-refractivity contribution in [1.29, 1.82) is 0 Å². The van der Waals surface area contributed by atoms with Crippen molar-refractivity contribution < 1.29 is 9.21 Å². The van der Waals surface area contributed by atoms with Crippen LogP contribution in [0.4, 0.5) is 10.5 Å². The van der Waals surface area contributed by atoms with Crippen molar-refractivity contribution >= 4 is 22.8 Å². The van der Waals surface area contributed by atoms with Gasteiger partial charge in [0.15, 0.2) is 11.5 Å². The average Bonchev–Trinajstić information content (AvgIpc) is 2.85. The highest BCUT2D eigenvalue weighted by Gasteiger charge is 2.11. The maximum Gasteiger partial charge on any atom is 0.319 e. The summed E-state index contributed by atoms with van der Waals surface area (Å²) in [6, 6.07) is 5.28. The summed E-state index contributed by atoms with van der Waals surface area (Å²) in [6.07, 6.45) is 7.68. The zero-order chi connectivity index (χ0) is 14.7. The largest absolute Gasteiger partial charge is 0.441 e. The van der Waals surface area contributed by atoms with Crippen LogP contribution in [0.2, 0.25) is 0 Å². The molecule has 2 N–H and O–H groups in total. The molecule has 0 saturated carbocycles. The van der Waals surface area contributed by atoms with Crippen LogP contribution in [-0.2, 0) is 0 Å². The molecule has 0 fully saturated rings. The Bertz CT molecular complexity index is 675. The number of carbonyl (C=O) groups excluding carboxylic acids is 1. The highest BCUT2D eigenvalue weighted by atomic mass is 16.3. The van der Waals surface area contributed by atoms with Gasteiger partial charge in [-0.3, -0.25) is 0 Å². The number of hydrogen-bond acceptors (Lipinski definition) is 3. The van der Waals surface area contributed by atoms with Gasteiger partial charge in [0.2, 0.25) is 0 Å². The Morgan fingerprint density at radius 1 is 1.43 bits per heavy atom. The molecule has 3 rings (SSSR count). The molecule has 1 aromatic heterocycles. The van der Waals surface area contributed by atoms with Crippen LogP contribution in [0.15, 0.2) is 34.8 Å². The molecule has 0 saturated heterocycles. The summed E-state index contributed by atoms with van der Waals surface area (Å²) in [5.74, 6) is 1.16. The highest BCUT2D eigenvalue weighted by Crippen LogP contribution is 2.20. The van der Waals surface area contributed by atoms with Gasteiger partial charge in [-0.05, 0) is 37.3 Å². The third-order valence-electron chi connectivity index (χ3n) is 3.68. The van der Waals surface area contributed by atoms with Crippen LogP contribution in [-0.4, -0.2) is 17.6 Å². The van der Waals surface area contributed by atoms with Crippen LogP contribution in [0.3, 0.4) is 0 Å². The molecule has 1 aliphatic carbocycles. The summed E-state index contributed by atoms with van der Waals surface area (Å²) in [7, 11) is 0. The first-order chi connectivity index (χ1) is 10.2. The number of anilines is 1. The molecule has 0 aliphatic heterocycles. The van der Waals surface area contributed by atoms with Gasteiger partial charge in [0.25, 0.3) is 0 Å². The summed E-state index contributed by atoms with van der Waals surface area (Å²) in [5.41, 5.74) is 2.19. The summed E-state index contributed by atoms with van der Waals surface area (Å²) in [4.78, 5) is 16.1. The molecule has 2 amide bonds. The fourth-order valence-corrected chi connectivity index (χ4v) is 2.57. The molecule has 0 radical (unpaired) electrons. The molecule has 110 valence electrons. The topological polar surface area (TPSA) is 67.2 Å².